The highest BCUT2D eigenvalue weighted by Crippen LogP contribution is 2.29. The largest absolute Gasteiger partial charge is 0.483 e. The van der Waals surface area contributed by atoms with Gasteiger partial charge in [0.2, 0.25) is 6.08 Å². The molecule has 78 valence electrons. The quantitative estimate of drug-likeness (QED) is 0.560. The zero-order valence-electron chi connectivity index (χ0n) is 7.77. The Bertz CT molecular complexity index is 411. The number of hydrogen-bond acceptors (Lipinski definition) is 4. The van der Waals surface area contributed by atoms with Crippen LogP contribution in [0.25, 0.3) is 0 Å². The molecule has 1 aliphatic rings. The predicted octanol–water partition coefficient (Wildman–Crippen LogP) is 1.57. The van der Waals surface area contributed by atoms with Gasteiger partial charge in [0.05, 0.1) is 13.2 Å². The van der Waals surface area contributed by atoms with Crippen molar-refractivity contribution < 1.29 is 18.7 Å². The molecule has 0 radical (unpaired) electrons. The normalized spacial score (nSPS) is 15.3. The zero-order chi connectivity index (χ0) is 10.7. The van der Waals surface area contributed by atoms with Gasteiger partial charge in [0.25, 0.3) is 0 Å². The summed E-state index contributed by atoms with van der Waals surface area (Å²) in [4.78, 5) is 13.5. The predicted molar refractivity (Wildman–Crippen MR) is 49.4 cm³/mol. The Morgan fingerprint density at radius 2 is 2.33 bits per heavy atom. The molecule has 4 nitrogen and oxygen atoms in total. The van der Waals surface area contributed by atoms with Gasteiger partial charge in [0, 0.05) is 6.07 Å². The number of aliphatic imine (C=N–C) groups is 1. The summed E-state index contributed by atoms with van der Waals surface area (Å²) in [5.41, 5.74) is 0.150. The van der Waals surface area contributed by atoms with Crippen LogP contribution >= 0.6 is 0 Å². The molecule has 15 heavy (non-hydrogen) atoms. The fraction of sp³-hybridized carbons (Fsp3) is 0.300. The van der Waals surface area contributed by atoms with E-state index in [0.717, 1.165) is 6.07 Å². The minimum atomic E-state index is -0.471. The van der Waals surface area contributed by atoms with Gasteiger partial charge in [-0.25, -0.2) is 9.18 Å². The fourth-order valence-corrected chi connectivity index (χ4v) is 1.19. The van der Waals surface area contributed by atoms with Crippen molar-refractivity contribution in [1.29, 1.82) is 0 Å². The van der Waals surface area contributed by atoms with Crippen molar-refractivity contribution in [1.82, 2.24) is 0 Å². The van der Waals surface area contributed by atoms with E-state index < -0.39 is 5.82 Å². The van der Waals surface area contributed by atoms with Crippen LogP contribution in [0.4, 0.5) is 10.1 Å². The maximum Gasteiger partial charge on any atom is 0.240 e. The van der Waals surface area contributed by atoms with Crippen molar-refractivity contribution in [3.8, 4) is 5.75 Å². The van der Waals surface area contributed by atoms with Crippen LogP contribution in [0.1, 0.15) is 0 Å². The SMILES string of the molecule is O=C=Nc1cc(F)ccc1OC1COC1. The zero-order valence-corrected chi connectivity index (χ0v) is 7.77. The third kappa shape index (κ3) is 2.21. The summed E-state index contributed by atoms with van der Waals surface area (Å²) in [5.74, 6) is -0.103. The molecular weight excluding hydrogens is 201 g/mol. The van der Waals surface area contributed by atoms with Crippen LogP contribution in [0.15, 0.2) is 23.2 Å². The van der Waals surface area contributed by atoms with Crippen LogP contribution in [-0.4, -0.2) is 25.4 Å². The molecule has 0 aliphatic carbocycles. The lowest BCUT2D eigenvalue weighted by atomic mass is 10.2. The van der Waals surface area contributed by atoms with Crippen molar-refractivity contribution in [3.05, 3.63) is 24.0 Å². The van der Waals surface area contributed by atoms with Crippen molar-refractivity contribution in [2.75, 3.05) is 13.2 Å². The number of hydrogen-bond donors (Lipinski definition) is 0. The smallest absolute Gasteiger partial charge is 0.240 e. The second-order valence-electron chi connectivity index (χ2n) is 3.09. The molecule has 0 amide bonds. The van der Waals surface area contributed by atoms with Gasteiger partial charge >= 0.3 is 0 Å². The highest BCUT2D eigenvalue weighted by Gasteiger charge is 2.21. The van der Waals surface area contributed by atoms with Crippen LogP contribution in [0.3, 0.4) is 0 Å². The maximum atomic E-state index is 12.8. The van der Waals surface area contributed by atoms with E-state index in [4.69, 9.17) is 9.47 Å². The average molecular weight is 209 g/mol. The molecule has 0 N–H and O–H groups in total. The number of nitrogens with zero attached hydrogens (tertiary/aromatic N) is 1. The monoisotopic (exact) mass is 209 g/mol. The Morgan fingerprint density at radius 1 is 1.53 bits per heavy atom. The van der Waals surface area contributed by atoms with E-state index in [2.05, 4.69) is 4.99 Å². The van der Waals surface area contributed by atoms with Gasteiger partial charge in [-0.05, 0) is 12.1 Å². The van der Waals surface area contributed by atoms with E-state index in [1.807, 2.05) is 0 Å². The van der Waals surface area contributed by atoms with Crippen LogP contribution in [-0.2, 0) is 9.53 Å². The first-order valence-electron chi connectivity index (χ1n) is 4.41. The number of isocyanates is 1. The van der Waals surface area contributed by atoms with Gasteiger partial charge in [0.1, 0.15) is 23.4 Å². The average Bonchev–Trinajstić information content (AvgIpc) is 2.14. The van der Waals surface area contributed by atoms with Crippen LogP contribution in [0.2, 0.25) is 0 Å². The Morgan fingerprint density at radius 3 is 2.93 bits per heavy atom. The number of rotatable bonds is 3. The Kier molecular flexibility index (Phi) is 2.76. The standard InChI is InChI=1S/C10H8FNO3/c11-7-1-2-10(9(3-7)12-6-13)15-8-4-14-5-8/h1-3,8H,4-5H2. The topological polar surface area (TPSA) is 47.9 Å². The summed E-state index contributed by atoms with van der Waals surface area (Å²) in [6.45, 7) is 1.00. The van der Waals surface area contributed by atoms with Crippen molar-refractivity contribution in [3.63, 3.8) is 0 Å². The third-order valence-electron chi connectivity index (χ3n) is 1.99. The molecule has 1 fully saturated rings. The Hall–Kier alpha value is -1.71. The Balaban J connectivity index is 2.23. The molecule has 0 bridgehead atoms. The minimum absolute atomic E-state index is 0.0453. The van der Waals surface area contributed by atoms with Gasteiger partial charge < -0.3 is 9.47 Å². The molecule has 1 saturated heterocycles. The first-order chi connectivity index (χ1) is 7.29. The lowest BCUT2D eigenvalue weighted by Gasteiger charge is -2.27. The summed E-state index contributed by atoms with van der Waals surface area (Å²) in [6, 6.07) is 3.81. The molecule has 0 unspecified atom stereocenters. The number of halogens is 1. The van der Waals surface area contributed by atoms with E-state index in [9.17, 15) is 9.18 Å². The van der Waals surface area contributed by atoms with Gasteiger partial charge in [-0.15, -0.1) is 0 Å². The van der Waals surface area contributed by atoms with Gasteiger partial charge in [-0.2, -0.15) is 4.99 Å². The lowest BCUT2D eigenvalue weighted by molar-refractivity contribution is -0.0794. The van der Waals surface area contributed by atoms with Crippen molar-refractivity contribution in [2.24, 2.45) is 4.99 Å². The van der Waals surface area contributed by atoms with E-state index in [1.54, 1.807) is 0 Å². The summed E-state index contributed by atoms with van der Waals surface area (Å²) in [6.07, 6.45) is 1.31. The molecule has 2 rings (SSSR count). The van der Waals surface area contributed by atoms with Crippen molar-refractivity contribution in [2.45, 2.75) is 6.10 Å². The minimum Gasteiger partial charge on any atom is -0.483 e. The fourth-order valence-electron chi connectivity index (χ4n) is 1.19. The molecule has 0 saturated carbocycles. The summed E-state index contributed by atoms with van der Waals surface area (Å²) >= 11 is 0. The molecule has 0 aromatic heterocycles. The third-order valence-corrected chi connectivity index (χ3v) is 1.99. The van der Waals surface area contributed by atoms with Crippen LogP contribution < -0.4 is 4.74 Å². The van der Waals surface area contributed by atoms with E-state index in [0.29, 0.717) is 19.0 Å². The molecule has 1 aliphatic heterocycles. The molecule has 1 heterocycles. The lowest BCUT2D eigenvalue weighted by Crippen LogP contribution is -2.38. The first-order valence-corrected chi connectivity index (χ1v) is 4.41. The van der Waals surface area contributed by atoms with Crippen LogP contribution in [0, 0.1) is 5.82 Å². The van der Waals surface area contributed by atoms with Gasteiger partial charge in [0.15, 0.2) is 0 Å². The first kappa shape index (κ1) is 9.83. The molecule has 5 heteroatoms. The second-order valence-corrected chi connectivity index (χ2v) is 3.09. The molecule has 1 aromatic rings. The highest BCUT2D eigenvalue weighted by molar-refractivity contribution is 5.57. The van der Waals surface area contributed by atoms with Gasteiger partial charge in [-0.3, -0.25) is 0 Å². The summed E-state index contributed by atoms with van der Waals surface area (Å²) in [7, 11) is 0. The van der Waals surface area contributed by atoms with Crippen LogP contribution in [0.5, 0.6) is 5.75 Å². The molecule has 0 spiro atoms. The number of benzene rings is 1. The molecule has 0 atom stereocenters. The van der Waals surface area contributed by atoms with Crippen molar-refractivity contribution >= 4 is 11.8 Å². The number of carbonyl (C=O) groups excluding carboxylic acids is 1. The van der Waals surface area contributed by atoms with E-state index in [1.165, 1.54) is 18.2 Å². The van der Waals surface area contributed by atoms with E-state index in [-0.39, 0.29) is 11.8 Å². The second kappa shape index (κ2) is 4.21. The summed E-state index contributed by atoms with van der Waals surface area (Å²) < 4.78 is 23.2. The molecular formula is C10H8FNO3. The van der Waals surface area contributed by atoms with Gasteiger partial charge in [-0.1, -0.05) is 0 Å². The summed E-state index contributed by atoms with van der Waals surface area (Å²) in [5, 5.41) is 0. The maximum absolute atomic E-state index is 12.8. The molecule has 1 aromatic carbocycles. The van der Waals surface area contributed by atoms with E-state index >= 15 is 0 Å². The highest BCUT2D eigenvalue weighted by atomic mass is 19.1. The number of ether oxygens (including phenoxy) is 2. The Labute approximate surface area is 85.3 Å².